The van der Waals surface area contributed by atoms with Crippen LogP contribution in [0.4, 0.5) is 0 Å². The molecule has 9 nitrogen and oxygen atoms in total. The number of fused-ring (bicyclic) bond motifs is 5. The van der Waals surface area contributed by atoms with Gasteiger partial charge < -0.3 is 24.5 Å². The van der Waals surface area contributed by atoms with Crippen LogP contribution in [0.3, 0.4) is 0 Å². The molecule has 232 valence electrons. The molecule has 2 fully saturated rings. The van der Waals surface area contributed by atoms with Crippen molar-refractivity contribution in [3.8, 4) is 28.3 Å². The van der Waals surface area contributed by atoms with Gasteiger partial charge in [-0.05, 0) is 68.1 Å². The summed E-state index contributed by atoms with van der Waals surface area (Å²) in [5.41, 5.74) is 8.68. The van der Waals surface area contributed by atoms with Crippen LogP contribution in [0.2, 0.25) is 0 Å². The third-order valence-corrected chi connectivity index (χ3v) is 10.1. The molecule has 0 bridgehead atoms. The average Bonchev–Trinajstić information content (AvgIpc) is 3.93. The van der Waals surface area contributed by atoms with Crippen LogP contribution in [-0.2, 0) is 17.9 Å². The van der Waals surface area contributed by atoms with Gasteiger partial charge in [0.1, 0.15) is 17.7 Å². The molecule has 2 saturated heterocycles. The first-order valence-electron chi connectivity index (χ1n) is 16.5. The van der Waals surface area contributed by atoms with Gasteiger partial charge in [-0.3, -0.25) is 15.1 Å². The van der Waals surface area contributed by atoms with E-state index < -0.39 is 0 Å². The standard InChI is InChI=1S/C37H37N7O2/c45-35(16-23-6-2-1-3-7-23)43-15-5-9-32(43)37-40-21-29(42-37)24-11-13-31-26(17-24)18-33-27-12-10-25(19-34(27)46-22-44(31)33)30-20-39-36(41-30)28-8-4-14-38-28/h1-3,6-7,10-13,17-19,21,28,32,36,38-39H,4-5,8-9,14-16,20,22H2,(H,40,42). The summed E-state index contributed by atoms with van der Waals surface area (Å²) in [4.78, 5) is 28.5. The second-order valence-corrected chi connectivity index (χ2v) is 12.9. The molecule has 5 aromatic rings. The monoisotopic (exact) mass is 611 g/mol. The Bertz CT molecular complexity index is 1970. The number of nitrogens with zero attached hydrogens (tertiary/aromatic N) is 4. The summed E-state index contributed by atoms with van der Waals surface area (Å²) < 4.78 is 8.55. The highest BCUT2D eigenvalue weighted by Crippen LogP contribution is 2.40. The number of aromatic nitrogens is 3. The quantitative estimate of drug-likeness (QED) is 0.238. The third-order valence-electron chi connectivity index (χ3n) is 10.1. The Balaban J connectivity index is 0.956. The SMILES string of the molecule is O=C(Cc1ccccc1)N1CCCC1c1ncc(-c2ccc3c(c2)cc2n3COc3cc(C4=NC(C5CCCN5)NC4)ccc3-2)[nH]1. The first kappa shape index (κ1) is 27.6. The minimum atomic E-state index is -0.0229. The van der Waals surface area contributed by atoms with Crippen LogP contribution in [0, 0.1) is 0 Å². The molecule has 9 heteroatoms. The van der Waals surface area contributed by atoms with Crippen molar-refractivity contribution >= 4 is 22.5 Å². The van der Waals surface area contributed by atoms with Gasteiger partial charge in [0.05, 0.1) is 41.3 Å². The van der Waals surface area contributed by atoms with E-state index in [0.29, 0.717) is 19.2 Å². The molecule has 3 N–H and O–H groups in total. The molecule has 3 unspecified atom stereocenters. The lowest BCUT2D eigenvalue weighted by atomic mass is 10.0. The van der Waals surface area contributed by atoms with Crippen LogP contribution in [-0.4, -0.2) is 62.9 Å². The van der Waals surface area contributed by atoms with Crippen molar-refractivity contribution < 1.29 is 9.53 Å². The van der Waals surface area contributed by atoms with Crippen LogP contribution in [0.1, 0.15) is 48.7 Å². The number of carbonyl (C=O) groups excluding carboxylic acids is 1. The van der Waals surface area contributed by atoms with Gasteiger partial charge in [0.2, 0.25) is 5.91 Å². The molecule has 1 amide bonds. The number of nitrogens with one attached hydrogen (secondary N) is 3. The second-order valence-electron chi connectivity index (χ2n) is 12.9. The molecular formula is C37H37N7O2. The number of likely N-dealkylation sites (tertiary alicyclic amines) is 1. The molecule has 2 aromatic heterocycles. The number of amides is 1. The number of aliphatic imine (C=N–C) groups is 1. The van der Waals surface area contributed by atoms with Gasteiger partial charge in [0.25, 0.3) is 0 Å². The maximum Gasteiger partial charge on any atom is 0.227 e. The first-order chi connectivity index (χ1) is 22.7. The summed E-state index contributed by atoms with van der Waals surface area (Å²) in [6.45, 7) is 3.10. The fourth-order valence-electron chi connectivity index (χ4n) is 7.69. The number of imidazole rings is 1. The van der Waals surface area contributed by atoms with E-state index in [0.717, 1.165) is 94.3 Å². The van der Waals surface area contributed by atoms with E-state index in [4.69, 9.17) is 14.7 Å². The summed E-state index contributed by atoms with van der Waals surface area (Å²) in [6, 6.07) is 25.6. The van der Waals surface area contributed by atoms with E-state index in [1.54, 1.807) is 0 Å². The Morgan fingerprint density at radius 2 is 1.87 bits per heavy atom. The van der Waals surface area contributed by atoms with Gasteiger partial charge in [-0.25, -0.2) is 4.98 Å². The molecule has 4 aliphatic rings. The van der Waals surface area contributed by atoms with Crippen molar-refractivity contribution in [2.45, 2.75) is 57.1 Å². The minimum Gasteiger partial charge on any atom is -0.472 e. The van der Waals surface area contributed by atoms with Crippen LogP contribution in [0.5, 0.6) is 5.75 Å². The minimum absolute atomic E-state index is 0.0229. The zero-order valence-electron chi connectivity index (χ0n) is 25.7. The predicted molar refractivity (Wildman–Crippen MR) is 179 cm³/mol. The van der Waals surface area contributed by atoms with Gasteiger partial charge in [-0.1, -0.05) is 42.5 Å². The number of hydrogen-bond donors (Lipinski definition) is 3. The van der Waals surface area contributed by atoms with Crippen LogP contribution < -0.4 is 15.4 Å². The molecule has 9 rings (SSSR count). The Kier molecular flexibility index (Phi) is 6.75. The predicted octanol–water partition coefficient (Wildman–Crippen LogP) is 5.42. The number of rotatable bonds is 6. The van der Waals surface area contributed by atoms with E-state index >= 15 is 0 Å². The highest BCUT2D eigenvalue weighted by molar-refractivity contribution is 6.04. The number of benzene rings is 3. The fourth-order valence-corrected chi connectivity index (χ4v) is 7.69. The Labute approximate surface area is 267 Å². The van der Waals surface area contributed by atoms with Gasteiger partial charge in [-0.15, -0.1) is 0 Å². The average molecular weight is 612 g/mol. The Hall–Kier alpha value is -4.73. The summed E-state index contributed by atoms with van der Waals surface area (Å²) in [5, 5.41) is 8.30. The van der Waals surface area contributed by atoms with Crippen molar-refractivity contribution in [3.63, 3.8) is 0 Å². The van der Waals surface area contributed by atoms with Crippen LogP contribution in [0.25, 0.3) is 33.4 Å². The lowest BCUT2D eigenvalue weighted by molar-refractivity contribution is -0.131. The largest absolute Gasteiger partial charge is 0.472 e. The molecule has 0 radical (unpaired) electrons. The highest BCUT2D eigenvalue weighted by atomic mass is 16.5. The van der Waals surface area contributed by atoms with E-state index in [1.807, 2.05) is 41.4 Å². The van der Waals surface area contributed by atoms with E-state index in [2.05, 4.69) is 62.6 Å². The molecule has 3 aromatic carbocycles. The lowest BCUT2D eigenvalue weighted by Gasteiger charge is -2.23. The van der Waals surface area contributed by atoms with Crippen LogP contribution in [0.15, 0.2) is 84.0 Å². The molecule has 4 aliphatic heterocycles. The molecule has 6 heterocycles. The van der Waals surface area contributed by atoms with Gasteiger partial charge in [0, 0.05) is 41.2 Å². The zero-order valence-corrected chi connectivity index (χ0v) is 25.7. The summed E-state index contributed by atoms with van der Waals surface area (Å²) in [7, 11) is 0. The molecule has 0 saturated carbocycles. The zero-order chi connectivity index (χ0) is 30.6. The van der Waals surface area contributed by atoms with Gasteiger partial charge in [0.15, 0.2) is 6.73 Å². The second kappa shape index (κ2) is 11.3. The summed E-state index contributed by atoms with van der Waals surface area (Å²) in [5.74, 6) is 1.91. The number of H-pyrrole nitrogens is 1. The highest BCUT2D eigenvalue weighted by Gasteiger charge is 2.32. The normalized spacial score (nSPS) is 22.1. The first-order valence-corrected chi connectivity index (χ1v) is 16.5. The van der Waals surface area contributed by atoms with Crippen molar-refractivity contribution in [3.05, 3.63) is 95.9 Å². The molecular weight excluding hydrogens is 574 g/mol. The molecule has 0 aliphatic carbocycles. The van der Waals surface area contributed by atoms with Crippen LogP contribution >= 0.6 is 0 Å². The molecule has 46 heavy (non-hydrogen) atoms. The number of ether oxygens (including phenoxy) is 1. The molecule has 3 atom stereocenters. The number of aromatic amines is 1. The van der Waals surface area contributed by atoms with Crippen molar-refractivity contribution in [2.24, 2.45) is 4.99 Å². The summed E-state index contributed by atoms with van der Waals surface area (Å²) in [6.07, 6.45) is 6.76. The van der Waals surface area contributed by atoms with Gasteiger partial charge in [-0.2, -0.15) is 0 Å². The third kappa shape index (κ3) is 4.82. The topological polar surface area (TPSA) is 99.6 Å². The van der Waals surface area contributed by atoms with Crippen molar-refractivity contribution in [1.29, 1.82) is 0 Å². The Morgan fingerprint density at radius 3 is 2.76 bits per heavy atom. The number of carbonyl (C=O) groups is 1. The van der Waals surface area contributed by atoms with Gasteiger partial charge >= 0.3 is 0 Å². The van der Waals surface area contributed by atoms with E-state index in [-0.39, 0.29) is 18.1 Å². The number of hydrogen-bond acceptors (Lipinski definition) is 6. The molecule has 0 spiro atoms. The van der Waals surface area contributed by atoms with Crippen molar-refractivity contribution in [1.82, 2.24) is 30.1 Å². The smallest absolute Gasteiger partial charge is 0.227 e. The summed E-state index contributed by atoms with van der Waals surface area (Å²) >= 11 is 0. The van der Waals surface area contributed by atoms with E-state index in [9.17, 15) is 4.79 Å². The fraction of sp³-hybridized carbons (Fsp3) is 0.324. The van der Waals surface area contributed by atoms with Crippen molar-refractivity contribution in [2.75, 3.05) is 19.6 Å². The maximum absolute atomic E-state index is 13.2. The lowest BCUT2D eigenvalue weighted by Crippen LogP contribution is -2.40. The Morgan fingerprint density at radius 1 is 0.957 bits per heavy atom. The maximum atomic E-state index is 13.2. The van der Waals surface area contributed by atoms with E-state index in [1.165, 1.54) is 12.8 Å².